The normalized spacial score (nSPS) is 21.4. The highest BCUT2D eigenvalue weighted by atomic mass is 19.1. The number of anilines is 1. The Labute approximate surface area is 167 Å². The van der Waals surface area contributed by atoms with Gasteiger partial charge < -0.3 is 4.98 Å². The van der Waals surface area contributed by atoms with Crippen molar-refractivity contribution in [3.8, 4) is 0 Å². The Kier molecular flexibility index (Phi) is 4.39. The molecule has 0 aliphatic carbocycles. The Hall–Kier alpha value is -3.06. The van der Waals surface area contributed by atoms with Crippen LogP contribution in [0.1, 0.15) is 31.0 Å². The monoisotopic (exact) mass is 392 g/mol. The van der Waals surface area contributed by atoms with E-state index in [-0.39, 0.29) is 18.2 Å². The number of halogens is 1. The number of nitrogens with one attached hydrogen (secondary N) is 1. The van der Waals surface area contributed by atoms with Crippen LogP contribution in [-0.4, -0.2) is 45.8 Å². The third-order valence-corrected chi connectivity index (χ3v) is 5.95. The Balaban J connectivity index is 1.28. The summed E-state index contributed by atoms with van der Waals surface area (Å²) >= 11 is 0. The number of rotatable bonds is 3. The second-order valence-corrected chi connectivity index (χ2v) is 7.72. The first-order valence-corrected chi connectivity index (χ1v) is 9.91. The average molecular weight is 392 g/mol. The smallest absolute Gasteiger partial charge is 0.251 e. The Morgan fingerprint density at radius 2 is 1.83 bits per heavy atom. The van der Waals surface area contributed by atoms with Gasteiger partial charge in [0.15, 0.2) is 0 Å². The lowest BCUT2D eigenvalue weighted by molar-refractivity contribution is -0.123. The molecule has 1 N–H and O–H groups in total. The number of amides is 2. The van der Waals surface area contributed by atoms with Gasteiger partial charge in [0.05, 0.1) is 29.2 Å². The molecule has 0 radical (unpaired) electrons. The fourth-order valence-corrected chi connectivity index (χ4v) is 4.44. The van der Waals surface area contributed by atoms with Crippen molar-refractivity contribution in [2.45, 2.75) is 31.2 Å². The number of aromatic nitrogens is 2. The number of hydrogen-bond acceptors (Lipinski definition) is 4. The predicted molar refractivity (Wildman–Crippen MR) is 107 cm³/mol. The second kappa shape index (κ2) is 7.08. The Morgan fingerprint density at radius 3 is 2.59 bits per heavy atom. The molecule has 2 aliphatic heterocycles. The van der Waals surface area contributed by atoms with E-state index in [2.05, 4.69) is 9.88 Å². The molecule has 0 spiro atoms. The number of benzene rings is 2. The maximum atomic E-state index is 13.5. The summed E-state index contributed by atoms with van der Waals surface area (Å²) in [5, 5.41) is 0. The largest absolute Gasteiger partial charge is 0.342 e. The molecule has 3 heterocycles. The topological polar surface area (TPSA) is 69.3 Å². The minimum atomic E-state index is -0.470. The van der Waals surface area contributed by atoms with Crippen LogP contribution in [0.3, 0.4) is 0 Å². The van der Waals surface area contributed by atoms with Crippen LogP contribution < -0.4 is 4.90 Å². The number of likely N-dealkylation sites (tertiary alicyclic amines) is 1. The van der Waals surface area contributed by atoms with E-state index >= 15 is 0 Å². The van der Waals surface area contributed by atoms with Crippen molar-refractivity contribution in [3.05, 3.63) is 60.2 Å². The molecule has 0 unspecified atom stereocenters. The number of aromatic amines is 1. The number of nitrogens with zero attached hydrogens (tertiary/aromatic N) is 3. The molecule has 2 aliphatic rings. The predicted octanol–water partition coefficient (Wildman–Crippen LogP) is 3.21. The lowest BCUT2D eigenvalue weighted by atomic mass is 9.95. The summed E-state index contributed by atoms with van der Waals surface area (Å²) in [6.07, 6.45) is 1.89. The third kappa shape index (κ3) is 3.21. The van der Waals surface area contributed by atoms with Crippen molar-refractivity contribution >= 4 is 28.5 Å². The number of para-hydroxylation sites is 2. The van der Waals surface area contributed by atoms with E-state index in [1.807, 2.05) is 24.3 Å². The molecule has 0 bridgehead atoms. The second-order valence-electron chi connectivity index (χ2n) is 7.72. The number of H-pyrrole nitrogens is 1. The first-order chi connectivity index (χ1) is 14.1. The van der Waals surface area contributed by atoms with Crippen LogP contribution in [0.4, 0.5) is 10.1 Å². The number of fused-ring (bicyclic) bond motifs is 1. The molecule has 2 saturated heterocycles. The van der Waals surface area contributed by atoms with Gasteiger partial charge >= 0.3 is 0 Å². The quantitative estimate of drug-likeness (QED) is 0.695. The molecule has 29 heavy (non-hydrogen) atoms. The van der Waals surface area contributed by atoms with Crippen LogP contribution in [0.2, 0.25) is 0 Å². The van der Waals surface area contributed by atoms with E-state index < -0.39 is 11.9 Å². The molecule has 2 amide bonds. The van der Waals surface area contributed by atoms with Gasteiger partial charge in [0, 0.05) is 5.92 Å². The van der Waals surface area contributed by atoms with Gasteiger partial charge in [-0.1, -0.05) is 18.2 Å². The van der Waals surface area contributed by atoms with Crippen molar-refractivity contribution in [2.75, 3.05) is 18.0 Å². The molecule has 2 aromatic carbocycles. The van der Waals surface area contributed by atoms with Crippen molar-refractivity contribution in [2.24, 2.45) is 0 Å². The van der Waals surface area contributed by atoms with Gasteiger partial charge in [0.2, 0.25) is 5.91 Å². The van der Waals surface area contributed by atoms with Gasteiger partial charge in [-0.2, -0.15) is 0 Å². The molecule has 7 heteroatoms. The Morgan fingerprint density at radius 1 is 1.03 bits per heavy atom. The van der Waals surface area contributed by atoms with Gasteiger partial charge in [-0.15, -0.1) is 0 Å². The standard InChI is InChI=1S/C22H21FN4O2/c23-15-4-3-5-16(12-15)27-20(28)13-19(22(27)29)26-10-8-14(9-11-26)21-24-17-6-1-2-7-18(17)25-21/h1-7,12,14,19H,8-11,13H2,(H,24,25)/t19-/m0/s1. The van der Waals surface area contributed by atoms with Crippen molar-refractivity contribution < 1.29 is 14.0 Å². The minimum Gasteiger partial charge on any atom is -0.342 e. The van der Waals surface area contributed by atoms with Crippen LogP contribution in [0.25, 0.3) is 11.0 Å². The highest BCUT2D eigenvalue weighted by Gasteiger charge is 2.43. The summed E-state index contributed by atoms with van der Waals surface area (Å²) in [5.41, 5.74) is 2.30. The fraction of sp³-hybridized carbons (Fsp3) is 0.318. The van der Waals surface area contributed by atoms with Crippen LogP contribution in [-0.2, 0) is 9.59 Å². The summed E-state index contributed by atoms with van der Waals surface area (Å²) in [6.45, 7) is 1.45. The van der Waals surface area contributed by atoms with E-state index in [1.54, 1.807) is 6.07 Å². The van der Waals surface area contributed by atoms with E-state index in [9.17, 15) is 14.0 Å². The molecular formula is C22H21FN4O2. The van der Waals surface area contributed by atoms with E-state index in [0.29, 0.717) is 11.6 Å². The molecule has 5 rings (SSSR count). The summed E-state index contributed by atoms with van der Waals surface area (Å²) < 4.78 is 13.5. The SMILES string of the molecule is O=C1C[C@H](N2CCC(c3nc4ccccc4[nH]3)CC2)C(=O)N1c1cccc(F)c1. The van der Waals surface area contributed by atoms with Crippen LogP contribution >= 0.6 is 0 Å². The zero-order chi connectivity index (χ0) is 20.0. The lowest BCUT2D eigenvalue weighted by Gasteiger charge is -2.34. The van der Waals surface area contributed by atoms with Crippen molar-refractivity contribution in [1.82, 2.24) is 14.9 Å². The number of hydrogen-bond donors (Lipinski definition) is 1. The molecule has 3 aromatic rings. The summed E-state index contributed by atoms with van der Waals surface area (Å²) in [6, 6.07) is 13.1. The first kappa shape index (κ1) is 18.0. The van der Waals surface area contributed by atoms with Crippen LogP contribution in [0.5, 0.6) is 0 Å². The molecule has 6 nitrogen and oxygen atoms in total. The number of carbonyl (C=O) groups excluding carboxylic acids is 2. The molecule has 1 atom stereocenters. The number of carbonyl (C=O) groups is 2. The van der Waals surface area contributed by atoms with Gasteiger partial charge in [-0.05, 0) is 56.3 Å². The van der Waals surface area contributed by atoms with Crippen molar-refractivity contribution in [1.29, 1.82) is 0 Å². The molecule has 148 valence electrons. The lowest BCUT2D eigenvalue weighted by Crippen LogP contribution is -2.45. The van der Waals surface area contributed by atoms with E-state index in [1.165, 1.54) is 18.2 Å². The fourth-order valence-electron chi connectivity index (χ4n) is 4.44. The van der Waals surface area contributed by atoms with Gasteiger partial charge in [-0.3, -0.25) is 14.5 Å². The van der Waals surface area contributed by atoms with Gasteiger partial charge in [0.25, 0.3) is 5.91 Å². The van der Waals surface area contributed by atoms with Gasteiger partial charge in [0.1, 0.15) is 11.6 Å². The molecule has 1 aromatic heterocycles. The average Bonchev–Trinajstić information content (AvgIpc) is 3.29. The summed E-state index contributed by atoms with van der Waals surface area (Å²) in [7, 11) is 0. The third-order valence-electron chi connectivity index (χ3n) is 5.95. The number of imidazole rings is 1. The summed E-state index contributed by atoms with van der Waals surface area (Å²) in [5.74, 6) is 0.303. The number of imide groups is 1. The molecular weight excluding hydrogens is 371 g/mol. The van der Waals surface area contributed by atoms with Gasteiger partial charge in [-0.25, -0.2) is 14.3 Å². The minimum absolute atomic E-state index is 0.144. The first-order valence-electron chi connectivity index (χ1n) is 9.91. The maximum absolute atomic E-state index is 13.5. The highest BCUT2D eigenvalue weighted by Crippen LogP contribution is 2.32. The zero-order valence-electron chi connectivity index (χ0n) is 15.8. The van der Waals surface area contributed by atoms with Crippen LogP contribution in [0.15, 0.2) is 48.5 Å². The highest BCUT2D eigenvalue weighted by molar-refractivity contribution is 6.22. The zero-order valence-corrected chi connectivity index (χ0v) is 15.8. The van der Waals surface area contributed by atoms with E-state index in [0.717, 1.165) is 47.7 Å². The summed E-state index contributed by atoms with van der Waals surface area (Å²) in [4.78, 5) is 36.7. The van der Waals surface area contributed by atoms with Crippen molar-refractivity contribution in [3.63, 3.8) is 0 Å². The number of piperidine rings is 1. The maximum Gasteiger partial charge on any atom is 0.251 e. The Bertz CT molecular complexity index is 1050. The molecule has 0 saturated carbocycles. The van der Waals surface area contributed by atoms with Crippen LogP contribution in [0, 0.1) is 5.82 Å². The van der Waals surface area contributed by atoms with E-state index in [4.69, 9.17) is 4.98 Å². The molecule has 2 fully saturated rings.